The molecular weight excluding hydrogens is 366 g/mol. The molecule has 1 saturated heterocycles. The number of amides is 1. The average Bonchev–Trinajstić information content (AvgIpc) is 2.71. The Bertz CT molecular complexity index is 896. The number of anilines is 1. The number of hydrogen-bond acceptors (Lipinski definition) is 6. The van der Waals surface area contributed by atoms with E-state index < -0.39 is 6.04 Å². The van der Waals surface area contributed by atoms with Gasteiger partial charge in [-0.05, 0) is 23.8 Å². The zero-order valence-corrected chi connectivity index (χ0v) is 15.3. The van der Waals surface area contributed by atoms with Crippen molar-refractivity contribution >= 4 is 29.4 Å². The van der Waals surface area contributed by atoms with Gasteiger partial charge < -0.3 is 14.9 Å². The number of halogens is 1. The summed E-state index contributed by atoms with van der Waals surface area (Å²) in [7, 11) is 0. The predicted molar refractivity (Wildman–Crippen MR) is 102 cm³/mol. The number of aromatic nitrogens is 2. The second-order valence-corrected chi connectivity index (χ2v) is 6.48. The molecule has 0 spiro atoms. The number of rotatable bonds is 4. The SMILES string of the molecule is N#Cc1nccnc1N1CCN(C(=O)C=Cc2cccc(Cl)c2)C(CO)C1. The Hall–Kier alpha value is -2.95. The molecule has 1 fully saturated rings. The largest absolute Gasteiger partial charge is 0.394 e. The van der Waals surface area contributed by atoms with Gasteiger partial charge in [-0.2, -0.15) is 5.26 Å². The van der Waals surface area contributed by atoms with Crippen molar-refractivity contribution in [3.05, 3.63) is 59.0 Å². The molecule has 1 amide bonds. The number of carbonyl (C=O) groups is 1. The fourth-order valence-electron chi connectivity index (χ4n) is 3.01. The van der Waals surface area contributed by atoms with E-state index in [1.54, 1.807) is 23.1 Å². The summed E-state index contributed by atoms with van der Waals surface area (Å²) in [5.74, 6) is 0.286. The summed E-state index contributed by atoms with van der Waals surface area (Å²) in [4.78, 5) is 24.3. The highest BCUT2D eigenvalue weighted by atomic mass is 35.5. The van der Waals surface area contributed by atoms with E-state index in [4.69, 9.17) is 11.6 Å². The van der Waals surface area contributed by atoms with Gasteiger partial charge >= 0.3 is 0 Å². The average molecular weight is 384 g/mol. The highest BCUT2D eigenvalue weighted by Crippen LogP contribution is 2.20. The van der Waals surface area contributed by atoms with Crippen LogP contribution in [0.1, 0.15) is 11.3 Å². The third kappa shape index (κ3) is 4.42. The van der Waals surface area contributed by atoms with Gasteiger partial charge in [-0.15, -0.1) is 0 Å². The Morgan fingerprint density at radius 3 is 2.93 bits per heavy atom. The fourth-order valence-corrected chi connectivity index (χ4v) is 3.21. The molecule has 1 aliphatic rings. The molecule has 1 unspecified atom stereocenters. The molecular formula is C19H18ClN5O2. The van der Waals surface area contributed by atoms with Crippen LogP contribution < -0.4 is 4.90 Å². The second-order valence-electron chi connectivity index (χ2n) is 6.04. The van der Waals surface area contributed by atoms with Crippen molar-refractivity contribution in [3.8, 4) is 6.07 Å². The van der Waals surface area contributed by atoms with E-state index >= 15 is 0 Å². The minimum absolute atomic E-state index is 0.185. The molecule has 1 N–H and O–H groups in total. The first kappa shape index (κ1) is 18.8. The van der Waals surface area contributed by atoms with Crippen LogP contribution in [0.2, 0.25) is 5.02 Å². The van der Waals surface area contributed by atoms with E-state index in [-0.39, 0.29) is 18.2 Å². The number of piperazine rings is 1. The Morgan fingerprint density at radius 1 is 1.37 bits per heavy atom. The molecule has 2 heterocycles. The van der Waals surface area contributed by atoms with Crippen molar-refractivity contribution in [2.24, 2.45) is 0 Å². The number of nitrogens with zero attached hydrogens (tertiary/aromatic N) is 5. The van der Waals surface area contributed by atoms with Crippen molar-refractivity contribution in [2.75, 3.05) is 31.1 Å². The molecule has 1 atom stereocenters. The summed E-state index contributed by atoms with van der Waals surface area (Å²) in [5.41, 5.74) is 1.06. The molecule has 0 radical (unpaired) electrons. The topological polar surface area (TPSA) is 93.4 Å². The van der Waals surface area contributed by atoms with Crippen LogP contribution in [0.5, 0.6) is 0 Å². The third-order valence-electron chi connectivity index (χ3n) is 4.33. The molecule has 138 valence electrons. The van der Waals surface area contributed by atoms with Gasteiger partial charge in [-0.1, -0.05) is 23.7 Å². The molecule has 7 nitrogen and oxygen atoms in total. The van der Waals surface area contributed by atoms with Crippen molar-refractivity contribution in [1.29, 1.82) is 5.26 Å². The lowest BCUT2D eigenvalue weighted by atomic mass is 10.1. The minimum Gasteiger partial charge on any atom is -0.394 e. The van der Waals surface area contributed by atoms with Crippen LogP contribution in [-0.2, 0) is 4.79 Å². The standard InChI is InChI=1S/C19H18ClN5O2/c20-15-3-1-2-14(10-15)4-5-18(27)25-9-8-24(12-16(25)13-26)19-17(11-21)22-6-7-23-19/h1-7,10,16,26H,8-9,12-13H2. The summed E-state index contributed by atoms with van der Waals surface area (Å²) >= 11 is 5.95. The molecule has 1 aromatic carbocycles. The van der Waals surface area contributed by atoms with Crippen molar-refractivity contribution in [3.63, 3.8) is 0 Å². The highest BCUT2D eigenvalue weighted by molar-refractivity contribution is 6.30. The number of carbonyl (C=O) groups excluding carboxylic acids is 1. The van der Waals surface area contributed by atoms with E-state index in [2.05, 4.69) is 9.97 Å². The van der Waals surface area contributed by atoms with Crippen LogP contribution in [0.25, 0.3) is 6.08 Å². The quantitative estimate of drug-likeness (QED) is 0.808. The van der Waals surface area contributed by atoms with Gasteiger partial charge in [0.05, 0.1) is 12.6 Å². The zero-order valence-electron chi connectivity index (χ0n) is 14.5. The first-order chi connectivity index (χ1) is 13.1. The molecule has 2 aromatic rings. The van der Waals surface area contributed by atoms with Gasteiger partial charge in [0.15, 0.2) is 11.5 Å². The molecule has 1 aliphatic heterocycles. The third-order valence-corrected chi connectivity index (χ3v) is 4.56. The second kappa shape index (κ2) is 8.62. The van der Waals surface area contributed by atoms with Crippen LogP contribution in [-0.4, -0.2) is 58.2 Å². The lowest BCUT2D eigenvalue weighted by molar-refractivity contribution is -0.129. The minimum atomic E-state index is -0.399. The van der Waals surface area contributed by atoms with Gasteiger partial charge in [-0.25, -0.2) is 9.97 Å². The summed E-state index contributed by atoms with van der Waals surface area (Å²) in [6.07, 6.45) is 6.17. The van der Waals surface area contributed by atoms with E-state index in [1.807, 2.05) is 23.1 Å². The zero-order chi connectivity index (χ0) is 19.2. The molecule has 0 bridgehead atoms. The molecule has 0 saturated carbocycles. The van der Waals surface area contributed by atoms with E-state index in [0.29, 0.717) is 30.5 Å². The van der Waals surface area contributed by atoms with E-state index in [9.17, 15) is 15.2 Å². The maximum absolute atomic E-state index is 12.6. The smallest absolute Gasteiger partial charge is 0.247 e. The lowest BCUT2D eigenvalue weighted by Gasteiger charge is -2.40. The van der Waals surface area contributed by atoms with Crippen LogP contribution >= 0.6 is 11.6 Å². The number of aliphatic hydroxyl groups excluding tert-OH is 1. The fraction of sp³-hybridized carbons (Fsp3) is 0.263. The van der Waals surface area contributed by atoms with Crippen LogP contribution in [0, 0.1) is 11.3 Å². The maximum atomic E-state index is 12.6. The number of nitriles is 1. The molecule has 0 aliphatic carbocycles. The molecule has 27 heavy (non-hydrogen) atoms. The van der Waals surface area contributed by atoms with Crippen molar-refractivity contribution in [1.82, 2.24) is 14.9 Å². The monoisotopic (exact) mass is 383 g/mol. The Labute approximate surface area is 162 Å². The number of aliphatic hydroxyl groups is 1. The molecule has 1 aromatic heterocycles. The lowest BCUT2D eigenvalue weighted by Crippen LogP contribution is -2.56. The van der Waals surface area contributed by atoms with Gasteiger partial charge in [0, 0.05) is 43.1 Å². The molecule has 8 heteroatoms. The Morgan fingerprint density at radius 2 is 2.19 bits per heavy atom. The maximum Gasteiger partial charge on any atom is 0.247 e. The first-order valence-electron chi connectivity index (χ1n) is 8.43. The van der Waals surface area contributed by atoms with Crippen LogP contribution in [0.3, 0.4) is 0 Å². The normalized spacial score (nSPS) is 17.1. The van der Waals surface area contributed by atoms with E-state index in [1.165, 1.54) is 18.5 Å². The highest BCUT2D eigenvalue weighted by Gasteiger charge is 2.30. The summed E-state index contributed by atoms with van der Waals surface area (Å²) in [6, 6.07) is 8.83. The Balaban J connectivity index is 1.71. The van der Waals surface area contributed by atoms with E-state index in [0.717, 1.165) is 5.56 Å². The van der Waals surface area contributed by atoms with Gasteiger partial charge in [-0.3, -0.25) is 4.79 Å². The van der Waals surface area contributed by atoms with Gasteiger partial charge in [0.1, 0.15) is 6.07 Å². The number of hydrogen-bond donors (Lipinski definition) is 1. The van der Waals surface area contributed by atoms with Crippen molar-refractivity contribution < 1.29 is 9.90 Å². The van der Waals surface area contributed by atoms with Crippen LogP contribution in [0.4, 0.5) is 5.82 Å². The Kier molecular flexibility index (Phi) is 6.01. The summed E-state index contributed by atoms with van der Waals surface area (Å²) in [5, 5.41) is 19.6. The number of benzene rings is 1. The van der Waals surface area contributed by atoms with Gasteiger partial charge in [0.2, 0.25) is 5.91 Å². The molecule has 3 rings (SSSR count). The van der Waals surface area contributed by atoms with Gasteiger partial charge in [0.25, 0.3) is 0 Å². The first-order valence-corrected chi connectivity index (χ1v) is 8.81. The summed E-state index contributed by atoms with van der Waals surface area (Å²) in [6.45, 7) is 1.10. The predicted octanol–water partition coefficient (Wildman–Crippen LogP) is 1.72. The summed E-state index contributed by atoms with van der Waals surface area (Å²) < 4.78 is 0. The van der Waals surface area contributed by atoms with Crippen molar-refractivity contribution in [2.45, 2.75) is 6.04 Å². The van der Waals surface area contributed by atoms with Crippen LogP contribution in [0.15, 0.2) is 42.7 Å².